The van der Waals surface area contributed by atoms with E-state index in [9.17, 15) is 9.18 Å². The van der Waals surface area contributed by atoms with Crippen molar-refractivity contribution in [3.05, 3.63) is 65.5 Å². The van der Waals surface area contributed by atoms with Crippen molar-refractivity contribution in [2.24, 2.45) is 0 Å². The summed E-state index contributed by atoms with van der Waals surface area (Å²) >= 11 is 0. The summed E-state index contributed by atoms with van der Waals surface area (Å²) < 4.78 is 13.1. The smallest absolute Gasteiger partial charge is 0.234 e. The summed E-state index contributed by atoms with van der Waals surface area (Å²) in [5.74, 6) is -0.0808. The highest BCUT2D eigenvalue weighted by atomic mass is 19.1. The minimum Gasteiger partial charge on any atom is -0.325 e. The van der Waals surface area contributed by atoms with Gasteiger partial charge < -0.3 is 5.32 Å². The lowest BCUT2D eigenvalue weighted by Gasteiger charge is -2.25. The summed E-state index contributed by atoms with van der Waals surface area (Å²) in [6.07, 6.45) is 0. The number of anilines is 1. The Morgan fingerprint density at radius 2 is 1.64 bits per heavy atom. The van der Waals surface area contributed by atoms with E-state index >= 15 is 0 Å². The molecule has 0 aromatic heterocycles. The van der Waals surface area contributed by atoms with Gasteiger partial charge in [-0.15, -0.1) is 0 Å². The van der Waals surface area contributed by atoms with Gasteiger partial charge in [0.2, 0.25) is 5.91 Å². The van der Waals surface area contributed by atoms with E-state index in [0.717, 1.165) is 16.8 Å². The van der Waals surface area contributed by atoms with E-state index in [1.54, 1.807) is 12.1 Å². The molecule has 116 valence electrons. The topological polar surface area (TPSA) is 29.1 Å². The van der Waals surface area contributed by atoms with Crippen LogP contribution < -0.4 is 5.32 Å². The zero-order valence-corrected chi connectivity index (χ0v) is 13.5. The van der Waals surface area contributed by atoms with Gasteiger partial charge in [-0.25, -0.2) is 4.39 Å². The molecule has 0 spiro atoms. The van der Waals surface area contributed by atoms with E-state index in [1.807, 2.05) is 38.1 Å². The lowest BCUT2D eigenvalue weighted by atomic mass is 9.83. The average Bonchev–Trinajstić information content (AvgIpc) is 2.48. The van der Waals surface area contributed by atoms with Gasteiger partial charge in [0.25, 0.3) is 0 Å². The molecule has 3 heteroatoms. The summed E-state index contributed by atoms with van der Waals surface area (Å²) in [6, 6.07) is 13.9. The molecule has 2 nitrogen and oxygen atoms in total. The van der Waals surface area contributed by atoms with Gasteiger partial charge in [0.1, 0.15) is 5.82 Å². The molecule has 2 aromatic carbocycles. The first-order valence-corrected chi connectivity index (χ1v) is 7.49. The second-order valence-corrected chi connectivity index (χ2v) is 6.33. The van der Waals surface area contributed by atoms with Crippen LogP contribution in [-0.4, -0.2) is 5.91 Å². The number of amides is 1. The molecule has 0 saturated carbocycles. The molecule has 0 aliphatic rings. The van der Waals surface area contributed by atoms with E-state index < -0.39 is 5.41 Å². The van der Waals surface area contributed by atoms with Gasteiger partial charge in [-0.2, -0.15) is 0 Å². The molecule has 0 aliphatic carbocycles. The number of benzene rings is 2. The summed E-state index contributed by atoms with van der Waals surface area (Å²) in [5, 5.41) is 3.01. The first kappa shape index (κ1) is 16.2. The average molecular weight is 299 g/mol. The molecular formula is C19H22FNO. The molecule has 0 atom stereocenters. The second kappa shape index (κ2) is 6.30. The molecule has 2 rings (SSSR count). The maximum Gasteiger partial charge on any atom is 0.234 e. The molecule has 0 unspecified atom stereocenters. The zero-order chi connectivity index (χ0) is 16.3. The minimum atomic E-state index is -0.738. The van der Waals surface area contributed by atoms with E-state index in [0.29, 0.717) is 5.92 Å². The highest BCUT2D eigenvalue weighted by Gasteiger charge is 2.30. The Morgan fingerprint density at radius 1 is 1.05 bits per heavy atom. The molecule has 1 amide bonds. The third-order valence-electron chi connectivity index (χ3n) is 3.96. The molecular weight excluding hydrogens is 277 g/mol. The Kier molecular flexibility index (Phi) is 4.65. The SMILES string of the molecule is CC(C)c1ccccc1NC(=O)C(C)(C)c1ccc(F)cc1. The highest BCUT2D eigenvalue weighted by molar-refractivity contribution is 5.99. The van der Waals surface area contributed by atoms with Crippen LogP contribution in [0.2, 0.25) is 0 Å². The first-order valence-electron chi connectivity index (χ1n) is 7.49. The Bertz CT molecular complexity index is 659. The summed E-state index contributed by atoms with van der Waals surface area (Å²) in [6.45, 7) is 7.87. The van der Waals surface area contributed by atoms with Crippen molar-refractivity contribution in [3.63, 3.8) is 0 Å². The number of carbonyl (C=O) groups is 1. The van der Waals surface area contributed by atoms with Crippen LogP contribution in [0.25, 0.3) is 0 Å². The fourth-order valence-corrected chi connectivity index (χ4v) is 2.39. The fraction of sp³-hybridized carbons (Fsp3) is 0.316. The molecule has 22 heavy (non-hydrogen) atoms. The van der Waals surface area contributed by atoms with Crippen molar-refractivity contribution in [1.29, 1.82) is 0 Å². The number of hydrogen-bond donors (Lipinski definition) is 1. The van der Waals surface area contributed by atoms with Crippen molar-refractivity contribution in [2.45, 2.75) is 39.0 Å². The van der Waals surface area contributed by atoms with Crippen molar-refractivity contribution in [2.75, 3.05) is 5.32 Å². The molecule has 0 aliphatic heterocycles. The number of hydrogen-bond acceptors (Lipinski definition) is 1. The minimum absolute atomic E-state index is 0.104. The van der Waals surface area contributed by atoms with Crippen LogP contribution >= 0.6 is 0 Å². The third-order valence-corrected chi connectivity index (χ3v) is 3.96. The van der Waals surface area contributed by atoms with Gasteiger partial charge in [0, 0.05) is 5.69 Å². The number of nitrogens with one attached hydrogen (secondary N) is 1. The predicted octanol–water partition coefficient (Wildman–Crippen LogP) is 4.87. The second-order valence-electron chi connectivity index (χ2n) is 6.33. The van der Waals surface area contributed by atoms with E-state index in [-0.39, 0.29) is 11.7 Å². The third kappa shape index (κ3) is 3.35. The Balaban J connectivity index is 2.26. The van der Waals surface area contributed by atoms with Crippen LogP contribution in [0.5, 0.6) is 0 Å². The first-order chi connectivity index (χ1) is 10.3. The monoisotopic (exact) mass is 299 g/mol. The maximum absolute atomic E-state index is 13.1. The summed E-state index contributed by atoms with van der Waals surface area (Å²) in [5.41, 5.74) is 1.98. The lowest BCUT2D eigenvalue weighted by molar-refractivity contribution is -0.120. The van der Waals surface area contributed by atoms with Crippen molar-refractivity contribution >= 4 is 11.6 Å². The largest absolute Gasteiger partial charge is 0.325 e. The molecule has 0 bridgehead atoms. The molecule has 0 radical (unpaired) electrons. The molecule has 0 fully saturated rings. The number of para-hydroxylation sites is 1. The molecule has 2 aromatic rings. The van der Waals surface area contributed by atoms with Crippen LogP contribution in [0.4, 0.5) is 10.1 Å². The molecule has 0 heterocycles. The van der Waals surface area contributed by atoms with Gasteiger partial charge in [0.15, 0.2) is 0 Å². The standard InChI is InChI=1S/C19H22FNO/c1-13(2)16-7-5-6-8-17(16)21-18(22)19(3,4)14-9-11-15(20)12-10-14/h5-13H,1-4H3,(H,21,22). The van der Waals surface area contributed by atoms with Gasteiger partial charge >= 0.3 is 0 Å². The number of halogens is 1. The Hall–Kier alpha value is -2.16. The summed E-state index contributed by atoms with van der Waals surface area (Å²) in [4.78, 5) is 12.7. The normalized spacial score (nSPS) is 11.5. The van der Waals surface area contributed by atoms with Crippen LogP contribution in [0.15, 0.2) is 48.5 Å². The highest BCUT2D eigenvalue weighted by Crippen LogP contribution is 2.28. The number of carbonyl (C=O) groups excluding carboxylic acids is 1. The molecule has 1 N–H and O–H groups in total. The van der Waals surface area contributed by atoms with Crippen molar-refractivity contribution in [1.82, 2.24) is 0 Å². The Labute approximate surface area is 131 Å². The van der Waals surface area contributed by atoms with Gasteiger partial charge in [-0.1, -0.05) is 44.2 Å². The van der Waals surface area contributed by atoms with Crippen molar-refractivity contribution in [3.8, 4) is 0 Å². The lowest BCUT2D eigenvalue weighted by Crippen LogP contribution is -2.35. The quantitative estimate of drug-likeness (QED) is 0.857. The van der Waals surface area contributed by atoms with Crippen LogP contribution in [0.3, 0.4) is 0 Å². The van der Waals surface area contributed by atoms with E-state index in [4.69, 9.17) is 0 Å². The van der Waals surface area contributed by atoms with E-state index in [1.165, 1.54) is 12.1 Å². The summed E-state index contributed by atoms with van der Waals surface area (Å²) in [7, 11) is 0. The van der Waals surface area contributed by atoms with Gasteiger partial charge in [-0.05, 0) is 49.1 Å². The molecule has 0 saturated heterocycles. The van der Waals surface area contributed by atoms with E-state index in [2.05, 4.69) is 19.2 Å². The van der Waals surface area contributed by atoms with Crippen molar-refractivity contribution < 1.29 is 9.18 Å². The maximum atomic E-state index is 13.1. The fourth-order valence-electron chi connectivity index (χ4n) is 2.39. The van der Waals surface area contributed by atoms with Crippen LogP contribution in [0, 0.1) is 5.82 Å². The van der Waals surface area contributed by atoms with Gasteiger partial charge in [-0.3, -0.25) is 4.79 Å². The Morgan fingerprint density at radius 3 is 2.23 bits per heavy atom. The van der Waals surface area contributed by atoms with Crippen LogP contribution in [0.1, 0.15) is 44.7 Å². The zero-order valence-electron chi connectivity index (χ0n) is 13.5. The van der Waals surface area contributed by atoms with Crippen LogP contribution in [-0.2, 0) is 10.2 Å². The number of rotatable bonds is 4. The predicted molar refractivity (Wildman–Crippen MR) is 88.6 cm³/mol. The van der Waals surface area contributed by atoms with Gasteiger partial charge in [0.05, 0.1) is 5.41 Å².